The standard InChI is InChI=1S/C9H17N2O/c1-3-4-10-5-7-11(8-6-10)9(2)12/h4H,3,5-8H2,1-2H3. The molecule has 3 nitrogen and oxygen atoms in total. The van der Waals surface area contributed by atoms with Crippen LogP contribution in [0.25, 0.3) is 0 Å². The minimum Gasteiger partial charge on any atom is -0.340 e. The predicted molar refractivity (Wildman–Crippen MR) is 48.4 cm³/mol. The molecule has 1 rings (SSSR count). The van der Waals surface area contributed by atoms with E-state index >= 15 is 0 Å². The molecular formula is C9H17N2O. The van der Waals surface area contributed by atoms with Crippen molar-refractivity contribution in [3.8, 4) is 0 Å². The van der Waals surface area contributed by atoms with Crippen LogP contribution in [0, 0.1) is 6.54 Å². The maximum Gasteiger partial charge on any atom is 0.219 e. The topological polar surface area (TPSA) is 23.6 Å². The molecule has 0 N–H and O–H groups in total. The lowest BCUT2D eigenvalue weighted by atomic mass is 10.3. The molecule has 0 unspecified atom stereocenters. The fourth-order valence-electron chi connectivity index (χ4n) is 1.48. The van der Waals surface area contributed by atoms with Crippen molar-refractivity contribution >= 4 is 5.91 Å². The van der Waals surface area contributed by atoms with Gasteiger partial charge >= 0.3 is 0 Å². The quantitative estimate of drug-likeness (QED) is 0.608. The molecule has 1 heterocycles. The largest absolute Gasteiger partial charge is 0.340 e. The van der Waals surface area contributed by atoms with Gasteiger partial charge in [0, 0.05) is 39.6 Å². The molecule has 0 spiro atoms. The SMILES string of the molecule is CC[CH]N1CCN(C(C)=O)CC1. The van der Waals surface area contributed by atoms with Crippen LogP contribution in [0.4, 0.5) is 0 Å². The summed E-state index contributed by atoms with van der Waals surface area (Å²) >= 11 is 0. The Bertz CT molecular complexity index is 151. The van der Waals surface area contributed by atoms with E-state index < -0.39 is 0 Å². The third-order valence-electron chi connectivity index (χ3n) is 2.20. The number of amides is 1. The van der Waals surface area contributed by atoms with Gasteiger partial charge in [-0.2, -0.15) is 0 Å². The highest BCUT2D eigenvalue weighted by molar-refractivity contribution is 5.73. The summed E-state index contributed by atoms with van der Waals surface area (Å²) in [5.74, 6) is 0.200. The van der Waals surface area contributed by atoms with Crippen LogP contribution in [0.2, 0.25) is 0 Å². The Hall–Kier alpha value is -0.570. The molecule has 3 heteroatoms. The number of piperazine rings is 1. The Balaban J connectivity index is 2.25. The van der Waals surface area contributed by atoms with Crippen molar-refractivity contribution in [2.45, 2.75) is 20.3 Å². The van der Waals surface area contributed by atoms with Crippen molar-refractivity contribution < 1.29 is 4.79 Å². The van der Waals surface area contributed by atoms with E-state index in [1.165, 1.54) is 0 Å². The van der Waals surface area contributed by atoms with Crippen LogP contribution < -0.4 is 0 Å². The summed E-state index contributed by atoms with van der Waals surface area (Å²) in [6.07, 6.45) is 1.08. The van der Waals surface area contributed by atoms with Crippen LogP contribution in [-0.4, -0.2) is 41.9 Å². The van der Waals surface area contributed by atoms with Gasteiger partial charge in [-0.15, -0.1) is 0 Å². The first-order valence-electron chi connectivity index (χ1n) is 4.57. The molecule has 1 fully saturated rings. The third-order valence-corrected chi connectivity index (χ3v) is 2.20. The van der Waals surface area contributed by atoms with Crippen molar-refractivity contribution in [3.63, 3.8) is 0 Å². The van der Waals surface area contributed by atoms with Gasteiger partial charge in [-0.3, -0.25) is 9.69 Å². The van der Waals surface area contributed by atoms with Gasteiger partial charge in [0.2, 0.25) is 5.91 Å². The zero-order chi connectivity index (χ0) is 8.97. The first-order valence-corrected chi connectivity index (χ1v) is 4.57. The van der Waals surface area contributed by atoms with Crippen LogP contribution in [0.3, 0.4) is 0 Å². The van der Waals surface area contributed by atoms with E-state index in [0.29, 0.717) is 0 Å². The zero-order valence-corrected chi connectivity index (χ0v) is 7.92. The minimum atomic E-state index is 0.200. The maximum absolute atomic E-state index is 11.0. The zero-order valence-electron chi connectivity index (χ0n) is 7.92. The van der Waals surface area contributed by atoms with Crippen LogP contribution >= 0.6 is 0 Å². The first kappa shape index (κ1) is 9.52. The summed E-state index contributed by atoms with van der Waals surface area (Å²) in [6.45, 7) is 9.73. The second-order valence-corrected chi connectivity index (χ2v) is 3.13. The summed E-state index contributed by atoms with van der Waals surface area (Å²) in [7, 11) is 0. The Labute approximate surface area is 74.3 Å². The fraction of sp³-hybridized carbons (Fsp3) is 0.778. The highest BCUT2D eigenvalue weighted by Crippen LogP contribution is 2.04. The molecule has 1 aliphatic rings. The number of carbonyl (C=O) groups is 1. The van der Waals surface area contributed by atoms with Gasteiger partial charge < -0.3 is 4.90 Å². The lowest BCUT2D eigenvalue weighted by molar-refractivity contribution is -0.130. The van der Waals surface area contributed by atoms with Gasteiger partial charge in [0.1, 0.15) is 0 Å². The molecule has 0 atom stereocenters. The number of carbonyl (C=O) groups excluding carboxylic acids is 1. The van der Waals surface area contributed by atoms with Crippen molar-refractivity contribution in [2.75, 3.05) is 26.2 Å². The summed E-state index contributed by atoms with van der Waals surface area (Å²) in [5.41, 5.74) is 0. The number of hydrogen-bond donors (Lipinski definition) is 0. The van der Waals surface area contributed by atoms with Crippen LogP contribution in [0.15, 0.2) is 0 Å². The molecule has 1 aliphatic heterocycles. The molecular weight excluding hydrogens is 152 g/mol. The molecule has 0 aromatic rings. The van der Waals surface area contributed by atoms with E-state index in [9.17, 15) is 4.79 Å². The second kappa shape index (κ2) is 4.45. The van der Waals surface area contributed by atoms with Gasteiger partial charge in [0.15, 0.2) is 0 Å². The summed E-state index contributed by atoms with van der Waals surface area (Å²) in [6, 6.07) is 0. The Kier molecular flexibility index (Phi) is 3.53. The molecule has 0 bridgehead atoms. The summed E-state index contributed by atoms with van der Waals surface area (Å²) in [4.78, 5) is 15.2. The van der Waals surface area contributed by atoms with Crippen molar-refractivity contribution in [1.29, 1.82) is 0 Å². The van der Waals surface area contributed by atoms with Crippen molar-refractivity contribution in [2.24, 2.45) is 0 Å². The van der Waals surface area contributed by atoms with Gasteiger partial charge in [0.05, 0.1) is 0 Å². The van der Waals surface area contributed by atoms with Crippen molar-refractivity contribution in [3.05, 3.63) is 6.54 Å². The lowest BCUT2D eigenvalue weighted by Gasteiger charge is -2.33. The smallest absolute Gasteiger partial charge is 0.219 e. The molecule has 12 heavy (non-hydrogen) atoms. The molecule has 0 aliphatic carbocycles. The number of nitrogens with zero attached hydrogens (tertiary/aromatic N) is 2. The predicted octanol–water partition coefficient (Wildman–Crippen LogP) is 0.722. The van der Waals surface area contributed by atoms with Gasteiger partial charge in [0.25, 0.3) is 0 Å². The number of rotatable bonds is 2. The summed E-state index contributed by atoms with van der Waals surface area (Å²) in [5, 5.41) is 0. The van der Waals surface area contributed by atoms with Gasteiger partial charge in [-0.05, 0) is 6.42 Å². The van der Waals surface area contributed by atoms with E-state index in [0.717, 1.165) is 32.6 Å². The Morgan fingerprint density at radius 1 is 1.33 bits per heavy atom. The van der Waals surface area contributed by atoms with Crippen LogP contribution in [0.5, 0.6) is 0 Å². The van der Waals surface area contributed by atoms with Gasteiger partial charge in [-0.1, -0.05) is 6.92 Å². The number of hydrogen-bond acceptors (Lipinski definition) is 2. The molecule has 0 saturated carbocycles. The average Bonchev–Trinajstić information content (AvgIpc) is 2.06. The van der Waals surface area contributed by atoms with E-state index in [-0.39, 0.29) is 5.91 Å². The van der Waals surface area contributed by atoms with E-state index in [1.54, 1.807) is 6.92 Å². The third kappa shape index (κ3) is 2.48. The van der Waals surface area contributed by atoms with Crippen LogP contribution in [0.1, 0.15) is 20.3 Å². The first-order chi connectivity index (χ1) is 5.74. The molecule has 1 radical (unpaired) electrons. The van der Waals surface area contributed by atoms with E-state index in [1.807, 2.05) is 4.90 Å². The molecule has 69 valence electrons. The highest BCUT2D eigenvalue weighted by atomic mass is 16.2. The van der Waals surface area contributed by atoms with E-state index in [2.05, 4.69) is 18.4 Å². The minimum absolute atomic E-state index is 0.200. The normalized spacial score (nSPS) is 19.7. The van der Waals surface area contributed by atoms with Crippen LogP contribution in [-0.2, 0) is 4.79 Å². The fourth-order valence-corrected chi connectivity index (χ4v) is 1.48. The second-order valence-electron chi connectivity index (χ2n) is 3.13. The molecule has 1 amide bonds. The van der Waals surface area contributed by atoms with E-state index in [4.69, 9.17) is 0 Å². The maximum atomic E-state index is 11.0. The Morgan fingerprint density at radius 2 is 1.92 bits per heavy atom. The monoisotopic (exact) mass is 169 g/mol. The Morgan fingerprint density at radius 3 is 2.33 bits per heavy atom. The molecule has 0 aromatic heterocycles. The summed E-state index contributed by atoms with van der Waals surface area (Å²) < 4.78 is 0. The average molecular weight is 169 g/mol. The molecule has 0 aromatic carbocycles. The highest BCUT2D eigenvalue weighted by Gasteiger charge is 2.17. The molecule has 1 saturated heterocycles. The van der Waals surface area contributed by atoms with Crippen molar-refractivity contribution in [1.82, 2.24) is 9.80 Å². The van der Waals surface area contributed by atoms with Gasteiger partial charge in [-0.25, -0.2) is 0 Å². The lowest BCUT2D eigenvalue weighted by Crippen LogP contribution is -2.46.